The lowest BCUT2D eigenvalue weighted by Gasteiger charge is -2.32. The molecule has 3 rings (SSSR count). The standard InChI is InChI=1S/C14H15NO2/c1-8-5-9(2)10-3-4-15-13(17)7-12(16)14(15)11(10)6-8/h5-6,14H,3-4,7H2,1-2H3. The first-order valence-electron chi connectivity index (χ1n) is 6.00. The molecule has 1 atom stereocenters. The van der Waals surface area contributed by atoms with Crippen molar-refractivity contribution in [3.63, 3.8) is 0 Å². The smallest absolute Gasteiger partial charge is 0.231 e. The minimum Gasteiger partial charge on any atom is -0.328 e. The van der Waals surface area contributed by atoms with E-state index in [9.17, 15) is 9.59 Å². The molecular weight excluding hydrogens is 214 g/mol. The second kappa shape index (κ2) is 3.42. The minimum atomic E-state index is -0.301. The van der Waals surface area contributed by atoms with E-state index >= 15 is 0 Å². The fourth-order valence-electron chi connectivity index (χ4n) is 3.11. The van der Waals surface area contributed by atoms with E-state index in [1.54, 1.807) is 4.90 Å². The summed E-state index contributed by atoms with van der Waals surface area (Å²) < 4.78 is 0. The van der Waals surface area contributed by atoms with Crippen LogP contribution in [0.5, 0.6) is 0 Å². The summed E-state index contributed by atoms with van der Waals surface area (Å²) in [4.78, 5) is 25.4. The maximum absolute atomic E-state index is 11.9. The highest BCUT2D eigenvalue weighted by atomic mass is 16.2. The summed E-state index contributed by atoms with van der Waals surface area (Å²) >= 11 is 0. The highest BCUT2D eigenvalue weighted by molar-refractivity contribution is 6.08. The second-order valence-corrected chi connectivity index (χ2v) is 5.03. The minimum absolute atomic E-state index is 0.00944. The maximum atomic E-state index is 11.9. The van der Waals surface area contributed by atoms with Gasteiger partial charge in [-0.25, -0.2) is 0 Å². The molecule has 0 bridgehead atoms. The van der Waals surface area contributed by atoms with Crippen LogP contribution in [0.4, 0.5) is 0 Å². The van der Waals surface area contributed by atoms with Crippen LogP contribution < -0.4 is 0 Å². The van der Waals surface area contributed by atoms with Crippen LogP contribution in [0.2, 0.25) is 0 Å². The topological polar surface area (TPSA) is 37.4 Å². The molecule has 88 valence electrons. The molecule has 1 fully saturated rings. The van der Waals surface area contributed by atoms with Crippen molar-refractivity contribution >= 4 is 11.7 Å². The highest BCUT2D eigenvalue weighted by Crippen LogP contribution is 2.37. The first-order valence-corrected chi connectivity index (χ1v) is 6.00. The van der Waals surface area contributed by atoms with Gasteiger partial charge in [-0.05, 0) is 37.0 Å². The summed E-state index contributed by atoms with van der Waals surface area (Å²) in [6.07, 6.45) is 0.952. The number of carbonyl (C=O) groups excluding carboxylic acids is 2. The molecule has 1 aromatic rings. The number of benzene rings is 1. The quantitative estimate of drug-likeness (QED) is 0.635. The molecule has 2 heterocycles. The van der Waals surface area contributed by atoms with Crippen LogP contribution in [0.1, 0.15) is 34.7 Å². The number of hydrogen-bond donors (Lipinski definition) is 0. The van der Waals surface area contributed by atoms with Crippen LogP contribution in [-0.2, 0) is 16.0 Å². The summed E-state index contributed by atoms with van der Waals surface area (Å²) in [5.74, 6) is 0.0470. The van der Waals surface area contributed by atoms with E-state index < -0.39 is 0 Å². The Bertz CT molecular complexity index is 533. The maximum Gasteiger partial charge on any atom is 0.231 e. The van der Waals surface area contributed by atoms with Crippen LogP contribution >= 0.6 is 0 Å². The Kier molecular flexibility index (Phi) is 2.12. The van der Waals surface area contributed by atoms with Crippen molar-refractivity contribution in [1.29, 1.82) is 0 Å². The summed E-state index contributed by atoms with van der Waals surface area (Å²) in [7, 11) is 0. The second-order valence-electron chi connectivity index (χ2n) is 5.03. The number of aryl methyl sites for hydroxylation is 2. The third-order valence-electron chi connectivity index (χ3n) is 3.81. The van der Waals surface area contributed by atoms with Crippen molar-refractivity contribution in [3.8, 4) is 0 Å². The van der Waals surface area contributed by atoms with Gasteiger partial charge in [-0.2, -0.15) is 0 Å². The average Bonchev–Trinajstić information content (AvgIpc) is 2.54. The lowest BCUT2D eigenvalue weighted by molar-refractivity contribution is -0.129. The van der Waals surface area contributed by atoms with E-state index in [-0.39, 0.29) is 24.2 Å². The van der Waals surface area contributed by atoms with E-state index in [4.69, 9.17) is 0 Å². The fraction of sp³-hybridized carbons (Fsp3) is 0.429. The third kappa shape index (κ3) is 1.42. The van der Waals surface area contributed by atoms with Gasteiger partial charge in [0.25, 0.3) is 0 Å². The lowest BCUT2D eigenvalue weighted by Crippen LogP contribution is -2.35. The third-order valence-corrected chi connectivity index (χ3v) is 3.81. The molecule has 0 aliphatic carbocycles. The van der Waals surface area contributed by atoms with Gasteiger partial charge in [0, 0.05) is 6.54 Å². The fourth-order valence-corrected chi connectivity index (χ4v) is 3.11. The van der Waals surface area contributed by atoms with Gasteiger partial charge in [0.05, 0.1) is 6.42 Å². The van der Waals surface area contributed by atoms with Crippen LogP contribution in [0.25, 0.3) is 0 Å². The Hall–Kier alpha value is -1.64. The molecule has 0 saturated carbocycles. The summed E-state index contributed by atoms with van der Waals surface area (Å²) in [6.45, 7) is 4.81. The molecule has 0 spiro atoms. The van der Waals surface area contributed by atoms with Gasteiger partial charge in [0.1, 0.15) is 6.04 Å². The van der Waals surface area contributed by atoms with Crippen molar-refractivity contribution in [2.24, 2.45) is 0 Å². The number of ketones is 1. The molecule has 1 saturated heterocycles. The Morgan fingerprint density at radius 2 is 2.00 bits per heavy atom. The Morgan fingerprint density at radius 1 is 1.24 bits per heavy atom. The van der Waals surface area contributed by atoms with Crippen molar-refractivity contribution in [1.82, 2.24) is 4.90 Å². The molecule has 0 N–H and O–H groups in total. The van der Waals surface area contributed by atoms with Gasteiger partial charge in [-0.1, -0.05) is 17.7 Å². The number of nitrogens with zero attached hydrogens (tertiary/aromatic N) is 1. The zero-order valence-electron chi connectivity index (χ0n) is 10.1. The zero-order valence-corrected chi connectivity index (χ0v) is 10.1. The van der Waals surface area contributed by atoms with Gasteiger partial charge < -0.3 is 4.90 Å². The van der Waals surface area contributed by atoms with E-state index in [2.05, 4.69) is 19.1 Å². The first kappa shape index (κ1) is 10.5. The predicted molar refractivity (Wildman–Crippen MR) is 63.7 cm³/mol. The van der Waals surface area contributed by atoms with Crippen molar-refractivity contribution in [2.45, 2.75) is 32.7 Å². The van der Waals surface area contributed by atoms with E-state index in [1.807, 2.05) is 6.92 Å². The van der Waals surface area contributed by atoms with Crippen LogP contribution in [0.3, 0.4) is 0 Å². The van der Waals surface area contributed by atoms with Crippen molar-refractivity contribution in [2.75, 3.05) is 6.54 Å². The number of fused-ring (bicyclic) bond motifs is 3. The molecule has 3 nitrogen and oxygen atoms in total. The largest absolute Gasteiger partial charge is 0.328 e. The van der Waals surface area contributed by atoms with E-state index in [0.29, 0.717) is 6.54 Å². The van der Waals surface area contributed by atoms with E-state index in [0.717, 1.165) is 17.5 Å². The molecule has 0 aromatic heterocycles. The van der Waals surface area contributed by atoms with Crippen molar-refractivity contribution in [3.05, 3.63) is 34.4 Å². The van der Waals surface area contributed by atoms with Gasteiger partial charge >= 0.3 is 0 Å². The predicted octanol–water partition coefficient (Wildman–Crippen LogP) is 1.70. The van der Waals surface area contributed by atoms with Crippen molar-refractivity contribution < 1.29 is 9.59 Å². The number of Topliss-reactive ketones (excluding diaryl/α,β-unsaturated/α-hetero) is 1. The zero-order chi connectivity index (χ0) is 12.2. The van der Waals surface area contributed by atoms with E-state index in [1.165, 1.54) is 11.1 Å². The Labute approximate surface area is 100 Å². The number of hydrogen-bond acceptors (Lipinski definition) is 2. The summed E-state index contributed by atoms with van der Waals surface area (Å²) in [5.41, 5.74) is 4.73. The number of carbonyl (C=O) groups is 2. The molecule has 3 heteroatoms. The van der Waals surface area contributed by atoms with Gasteiger partial charge in [-0.15, -0.1) is 0 Å². The van der Waals surface area contributed by atoms with Gasteiger partial charge in [0.2, 0.25) is 5.91 Å². The van der Waals surface area contributed by atoms with Crippen LogP contribution in [-0.4, -0.2) is 23.1 Å². The van der Waals surface area contributed by atoms with Gasteiger partial charge in [0.15, 0.2) is 5.78 Å². The first-order chi connectivity index (χ1) is 8.08. The Morgan fingerprint density at radius 3 is 2.76 bits per heavy atom. The average molecular weight is 229 g/mol. The number of rotatable bonds is 0. The molecule has 1 amide bonds. The highest BCUT2D eigenvalue weighted by Gasteiger charge is 2.42. The molecule has 1 unspecified atom stereocenters. The Balaban J connectivity index is 2.18. The lowest BCUT2D eigenvalue weighted by atomic mass is 9.88. The van der Waals surface area contributed by atoms with Crippen LogP contribution in [0.15, 0.2) is 12.1 Å². The molecule has 2 aliphatic heterocycles. The van der Waals surface area contributed by atoms with Gasteiger partial charge in [-0.3, -0.25) is 9.59 Å². The molecule has 0 radical (unpaired) electrons. The molecular formula is C14H15NO2. The molecule has 2 aliphatic rings. The summed E-state index contributed by atoms with van der Waals surface area (Å²) in [6, 6.07) is 3.91. The summed E-state index contributed by atoms with van der Waals surface area (Å²) in [5, 5.41) is 0. The SMILES string of the molecule is Cc1cc(C)c2c(c1)C1C(=O)CC(=O)N1CC2. The molecule has 1 aromatic carbocycles. The monoisotopic (exact) mass is 229 g/mol. The van der Waals surface area contributed by atoms with Crippen LogP contribution in [0, 0.1) is 13.8 Å². The molecule has 17 heavy (non-hydrogen) atoms. The number of amides is 1. The normalized spacial score (nSPS) is 22.7.